The molecule has 2 nitrogen and oxygen atoms in total. The van der Waals surface area contributed by atoms with Crippen molar-refractivity contribution in [3.05, 3.63) is 0 Å². The third-order valence-corrected chi connectivity index (χ3v) is 4.16. The van der Waals surface area contributed by atoms with Crippen LogP contribution >= 0.6 is 0 Å². The van der Waals surface area contributed by atoms with Crippen molar-refractivity contribution < 1.29 is 5.11 Å². The molecule has 2 heteroatoms. The molecule has 2 fully saturated rings. The molecule has 0 bridgehead atoms. The first-order valence-electron chi connectivity index (χ1n) is 6.72. The first kappa shape index (κ1) is 11.4. The molecule has 2 aliphatic rings. The molecule has 15 heavy (non-hydrogen) atoms. The maximum Gasteiger partial charge on any atom is 0.0692 e. The first-order valence-corrected chi connectivity index (χ1v) is 6.72. The fourth-order valence-electron chi connectivity index (χ4n) is 2.92. The van der Waals surface area contributed by atoms with Crippen LogP contribution < -0.4 is 5.32 Å². The zero-order valence-corrected chi connectivity index (χ0v) is 9.91. The Labute approximate surface area is 93.5 Å². The van der Waals surface area contributed by atoms with Gasteiger partial charge in [-0.3, -0.25) is 0 Å². The number of aliphatic hydroxyl groups excluding tert-OH is 1. The Hall–Kier alpha value is -0.0800. The Morgan fingerprint density at radius 3 is 2.33 bits per heavy atom. The van der Waals surface area contributed by atoms with Gasteiger partial charge in [0, 0.05) is 12.6 Å². The number of hydrogen-bond acceptors (Lipinski definition) is 2. The molecule has 0 aromatic heterocycles. The van der Waals surface area contributed by atoms with E-state index in [4.69, 9.17) is 0 Å². The summed E-state index contributed by atoms with van der Waals surface area (Å²) in [7, 11) is 0. The molecule has 0 radical (unpaired) electrons. The average molecular weight is 211 g/mol. The topological polar surface area (TPSA) is 32.3 Å². The molecule has 2 N–H and O–H groups in total. The second-order valence-corrected chi connectivity index (χ2v) is 5.37. The van der Waals surface area contributed by atoms with Gasteiger partial charge in [0.25, 0.3) is 0 Å². The number of nitrogens with one attached hydrogen (secondary N) is 1. The van der Waals surface area contributed by atoms with Crippen LogP contribution in [0.4, 0.5) is 0 Å². The van der Waals surface area contributed by atoms with E-state index in [9.17, 15) is 5.11 Å². The van der Waals surface area contributed by atoms with Crippen molar-refractivity contribution in [3.8, 4) is 0 Å². The molecule has 2 atom stereocenters. The Kier molecular flexibility index (Phi) is 4.04. The highest BCUT2D eigenvalue weighted by atomic mass is 16.3. The van der Waals surface area contributed by atoms with Crippen LogP contribution in [0.1, 0.15) is 51.9 Å². The van der Waals surface area contributed by atoms with E-state index in [1.807, 2.05) is 0 Å². The van der Waals surface area contributed by atoms with Gasteiger partial charge in [-0.2, -0.15) is 0 Å². The van der Waals surface area contributed by atoms with Gasteiger partial charge in [0.2, 0.25) is 0 Å². The van der Waals surface area contributed by atoms with E-state index in [2.05, 4.69) is 12.2 Å². The zero-order chi connectivity index (χ0) is 10.7. The predicted molar refractivity (Wildman–Crippen MR) is 62.8 cm³/mol. The Bertz CT molecular complexity index is 185. The van der Waals surface area contributed by atoms with E-state index >= 15 is 0 Å². The molecule has 2 rings (SSSR count). The normalized spacial score (nSPS) is 26.8. The summed E-state index contributed by atoms with van der Waals surface area (Å²) in [4.78, 5) is 0. The monoisotopic (exact) mass is 211 g/mol. The molecule has 0 spiro atoms. The van der Waals surface area contributed by atoms with Gasteiger partial charge in [0.1, 0.15) is 0 Å². The predicted octanol–water partition coefficient (Wildman–Crippen LogP) is 2.32. The summed E-state index contributed by atoms with van der Waals surface area (Å²) in [6.45, 7) is 3.07. The largest absolute Gasteiger partial charge is 0.392 e. The van der Waals surface area contributed by atoms with Crippen LogP contribution in [0.25, 0.3) is 0 Å². The molecule has 2 saturated carbocycles. The van der Waals surface area contributed by atoms with Crippen LogP contribution in [0, 0.1) is 11.8 Å². The highest BCUT2D eigenvalue weighted by molar-refractivity contribution is 4.87. The summed E-state index contributed by atoms with van der Waals surface area (Å²) < 4.78 is 0. The molecule has 0 aromatic rings. The number of aliphatic hydroxyl groups is 1. The van der Waals surface area contributed by atoms with Crippen LogP contribution in [-0.2, 0) is 0 Å². The lowest BCUT2D eigenvalue weighted by atomic mass is 10.00. The third-order valence-electron chi connectivity index (χ3n) is 4.16. The lowest BCUT2D eigenvalue weighted by Crippen LogP contribution is -2.39. The Balaban J connectivity index is 1.66. The third kappa shape index (κ3) is 3.18. The van der Waals surface area contributed by atoms with Crippen molar-refractivity contribution in [2.24, 2.45) is 11.8 Å². The molecule has 0 amide bonds. The lowest BCUT2D eigenvalue weighted by molar-refractivity contribution is 0.105. The minimum atomic E-state index is -0.0969. The van der Waals surface area contributed by atoms with E-state index < -0.39 is 0 Å². The lowest BCUT2D eigenvalue weighted by Gasteiger charge is -2.22. The number of rotatable bonds is 6. The van der Waals surface area contributed by atoms with Gasteiger partial charge < -0.3 is 10.4 Å². The van der Waals surface area contributed by atoms with Crippen LogP contribution in [0.15, 0.2) is 0 Å². The van der Waals surface area contributed by atoms with E-state index in [1.165, 1.54) is 44.9 Å². The molecular weight excluding hydrogens is 186 g/mol. The summed E-state index contributed by atoms with van der Waals surface area (Å²) in [6.07, 6.45) is 9.02. The van der Waals surface area contributed by atoms with Gasteiger partial charge in [0.15, 0.2) is 0 Å². The molecule has 0 heterocycles. The van der Waals surface area contributed by atoms with E-state index in [-0.39, 0.29) is 6.10 Å². The Morgan fingerprint density at radius 2 is 1.80 bits per heavy atom. The number of hydrogen-bond donors (Lipinski definition) is 2. The van der Waals surface area contributed by atoms with Crippen LogP contribution in [0.5, 0.6) is 0 Å². The summed E-state index contributed by atoms with van der Waals surface area (Å²) >= 11 is 0. The smallest absolute Gasteiger partial charge is 0.0692 e. The second-order valence-electron chi connectivity index (χ2n) is 5.37. The highest BCUT2D eigenvalue weighted by Gasteiger charge is 2.30. The summed E-state index contributed by atoms with van der Waals surface area (Å²) in [5, 5.41) is 13.6. The van der Waals surface area contributed by atoms with Crippen LogP contribution in [0.3, 0.4) is 0 Å². The standard InChI is InChI=1S/C13H25NO/c1-2-12(10-7-8-10)14-9-13(15)11-5-3-4-6-11/h10-15H,2-9H2,1H3. The molecule has 0 saturated heterocycles. The van der Waals surface area contributed by atoms with Gasteiger partial charge in [-0.15, -0.1) is 0 Å². The van der Waals surface area contributed by atoms with Gasteiger partial charge in [0.05, 0.1) is 6.10 Å². The van der Waals surface area contributed by atoms with Crippen molar-refractivity contribution in [3.63, 3.8) is 0 Å². The van der Waals surface area contributed by atoms with Gasteiger partial charge >= 0.3 is 0 Å². The molecular formula is C13H25NO. The SMILES string of the molecule is CCC(NCC(O)C1CCCC1)C1CC1. The quantitative estimate of drug-likeness (QED) is 0.706. The van der Waals surface area contributed by atoms with Gasteiger partial charge in [-0.05, 0) is 43.9 Å². The molecule has 0 aliphatic heterocycles. The highest BCUT2D eigenvalue weighted by Crippen LogP contribution is 2.34. The average Bonchev–Trinajstić information content (AvgIpc) is 2.94. The summed E-state index contributed by atoms with van der Waals surface area (Å²) in [6, 6.07) is 0.668. The van der Waals surface area contributed by atoms with Crippen molar-refractivity contribution in [1.82, 2.24) is 5.32 Å². The fourth-order valence-corrected chi connectivity index (χ4v) is 2.92. The molecule has 2 unspecified atom stereocenters. The maximum atomic E-state index is 10.0. The molecule has 2 aliphatic carbocycles. The Morgan fingerprint density at radius 1 is 1.13 bits per heavy atom. The maximum absolute atomic E-state index is 10.0. The minimum Gasteiger partial charge on any atom is -0.392 e. The fraction of sp³-hybridized carbons (Fsp3) is 1.00. The van der Waals surface area contributed by atoms with Crippen molar-refractivity contribution in [1.29, 1.82) is 0 Å². The van der Waals surface area contributed by atoms with Crippen LogP contribution in [0.2, 0.25) is 0 Å². The minimum absolute atomic E-state index is 0.0969. The molecule has 88 valence electrons. The van der Waals surface area contributed by atoms with E-state index in [0.29, 0.717) is 12.0 Å². The summed E-state index contributed by atoms with van der Waals surface area (Å²) in [5.74, 6) is 1.49. The van der Waals surface area contributed by atoms with Crippen molar-refractivity contribution >= 4 is 0 Å². The van der Waals surface area contributed by atoms with Crippen molar-refractivity contribution in [2.75, 3.05) is 6.54 Å². The zero-order valence-electron chi connectivity index (χ0n) is 9.91. The van der Waals surface area contributed by atoms with Gasteiger partial charge in [-0.1, -0.05) is 19.8 Å². The van der Waals surface area contributed by atoms with E-state index in [0.717, 1.165) is 12.5 Å². The van der Waals surface area contributed by atoms with E-state index in [1.54, 1.807) is 0 Å². The van der Waals surface area contributed by atoms with Crippen LogP contribution in [-0.4, -0.2) is 23.8 Å². The summed E-state index contributed by atoms with van der Waals surface area (Å²) in [5.41, 5.74) is 0. The van der Waals surface area contributed by atoms with Crippen molar-refractivity contribution in [2.45, 2.75) is 64.0 Å². The first-order chi connectivity index (χ1) is 7.31. The second kappa shape index (κ2) is 5.31. The van der Waals surface area contributed by atoms with Gasteiger partial charge in [-0.25, -0.2) is 0 Å². The molecule has 0 aromatic carbocycles.